The maximum absolute atomic E-state index is 12.4. The van der Waals surface area contributed by atoms with Crippen LogP contribution in [0.2, 0.25) is 0 Å². The minimum Gasteiger partial charge on any atom is -0.370 e. The first-order valence-corrected chi connectivity index (χ1v) is 6.56. The van der Waals surface area contributed by atoms with Crippen molar-refractivity contribution in [2.45, 2.75) is 39.5 Å². The summed E-state index contributed by atoms with van der Waals surface area (Å²) in [7, 11) is 1.61. The van der Waals surface area contributed by atoms with Crippen molar-refractivity contribution in [3.63, 3.8) is 0 Å². The molecule has 6 heteroatoms. The van der Waals surface area contributed by atoms with Crippen LogP contribution in [-0.2, 0) is 0 Å². The molecule has 0 amide bonds. The lowest BCUT2D eigenvalue weighted by molar-refractivity contribution is 0.156. The Morgan fingerprint density at radius 3 is 2.53 bits per heavy atom. The first kappa shape index (κ1) is 15.6. The van der Waals surface area contributed by atoms with E-state index in [1.54, 1.807) is 13.1 Å². The number of hydrogen-bond acceptors (Lipinski definition) is 4. The molecule has 1 heterocycles. The van der Waals surface area contributed by atoms with Crippen LogP contribution in [0.4, 0.5) is 20.4 Å². The van der Waals surface area contributed by atoms with Crippen LogP contribution >= 0.6 is 0 Å². The van der Waals surface area contributed by atoms with E-state index in [-0.39, 0.29) is 12.5 Å². The fourth-order valence-electron chi connectivity index (χ4n) is 1.55. The Balaban J connectivity index is 2.98. The first-order valence-electron chi connectivity index (χ1n) is 6.56. The summed E-state index contributed by atoms with van der Waals surface area (Å²) in [6.07, 6.45) is -1.40. The van der Waals surface area contributed by atoms with Gasteiger partial charge < -0.3 is 10.2 Å². The van der Waals surface area contributed by atoms with E-state index in [0.717, 1.165) is 13.0 Å². The average molecular weight is 272 g/mol. The molecule has 0 aliphatic rings. The molecule has 0 bridgehead atoms. The van der Waals surface area contributed by atoms with Crippen molar-refractivity contribution in [3.8, 4) is 0 Å². The van der Waals surface area contributed by atoms with Gasteiger partial charge in [-0.25, -0.2) is 18.7 Å². The predicted molar refractivity (Wildman–Crippen MR) is 74.2 cm³/mol. The van der Waals surface area contributed by atoms with Crippen LogP contribution < -0.4 is 10.2 Å². The fourth-order valence-corrected chi connectivity index (χ4v) is 1.55. The van der Waals surface area contributed by atoms with Crippen LogP contribution in [0.25, 0.3) is 0 Å². The summed E-state index contributed by atoms with van der Waals surface area (Å²) in [6.45, 7) is 6.49. The molecule has 0 atom stereocenters. The van der Waals surface area contributed by atoms with Crippen molar-refractivity contribution in [1.29, 1.82) is 0 Å². The predicted octanol–water partition coefficient (Wildman–Crippen LogP) is 3.12. The van der Waals surface area contributed by atoms with Gasteiger partial charge in [-0.2, -0.15) is 0 Å². The maximum atomic E-state index is 12.4. The number of nitrogens with zero attached hydrogens (tertiary/aromatic N) is 3. The van der Waals surface area contributed by atoms with E-state index in [4.69, 9.17) is 0 Å². The molecule has 0 spiro atoms. The molecule has 4 nitrogen and oxygen atoms in total. The molecule has 1 aromatic rings. The third kappa shape index (κ3) is 4.96. The van der Waals surface area contributed by atoms with E-state index in [1.165, 1.54) is 4.90 Å². The first-order chi connectivity index (χ1) is 8.93. The quantitative estimate of drug-likeness (QED) is 0.828. The standard InChI is InChI=1S/C13H22F2N4/c1-5-6-16-11-7-12(19(4)8-10(14)15)18-13(17-11)9(2)3/h7,9-10H,5-6,8H2,1-4H3,(H,16,17,18). The number of hydrogen-bond donors (Lipinski definition) is 1. The summed E-state index contributed by atoms with van der Waals surface area (Å²) in [5, 5.41) is 3.17. The highest BCUT2D eigenvalue weighted by atomic mass is 19.3. The maximum Gasteiger partial charge on any atom is 0.255 e. The lowest BCUT2D eigenvalue weighted by atomic mass is 10.2. The highest BCUT2D eigenvalue weighted by Crippen LogP contribution is 2.19. The van der Waals surface area contributed by atoms with Crippen molar-refractivity contribution in [2.75, 3.05) is 30.4 Å². The summed E-state index contributed by atoms with van der Waals surface area (Å²) >= 11 is 0. The van der Waals surface area contributed by atoms with Crippen molar-refractivity contribution in [2.24, 2.45) is 0 Å². The van der Waals surface area contributed by atoms with Gasteiger partial charge in [0.05, 0.1) is 6.54 Å². The van der Waals surface area contributed by atoms with Crippen molar-refractivity contribution < 1.29 is 8.78 Å². The van der Waals surface area contributed by atoms with Gasteiger partial charge in [-0.05, 0) is 6.42 Å². The van der Waals surface area contributed by atoms with Gasteiger partial charge >= 0.3 is 0 Å². The number of rotatable bonds is 7. The molecule has 1 N–H and O–H groups in total. The van der Waals surface area contributed by atoms with Gasteiger partial charge in [0.15, 0.2) is 0 Å². The zero-order valence-electron chi connectivity index (χ0n) is 12.0. The van der Waals surface area contributed by atoms with Crippen LogP contribution in [-0.4, -0.2) is 36.5 Å². The summed E-state index contributed by atoms with van der Waals surface area (Å²) in [5.74, 6) is 2.04. The van der Waals surface area contributed by atoms with E-state index in [0.29, 0.717) is 17.5 Å². The molecule has 0 aliphatic heterocycles. The van der Waals surface area contributed by atoms with Gasteiger partial charge in [0.1, 0.15) is 17.5 Å². The van der Waals surface area contributed by atoms with Crippen LogP contribution in [0, 0.1) is 0 Å². The second-order valence-electron chi connectivity index (χ2n) is 4.82. The monoisotopic (exact) mass is 272 g/mol. The summed E-state index contributed by atoms with van der Waals surface area (Å²) in [6, 6.07) is 1.71. The van der Waals surface area contributed by atoms with Crippen LogP contribution in [0.1, 0.15) is 38.9 Å². The van der Waals surface area contributed by atoms with Gasteiger partial charge in [0, 0.05) is 25.6 Å². The van der Waals surface area contributed by atoms with Crippen LogP contribution in [0.5, 0.6) is 0 Å². The zero-order valence-corrected chi connectivity index (χ0v) is 12.0. The van der Waals surface area contributed by atoms with E-state index in [1.807, 2.05) is 13.8 Å². The van der Waals surface area contributed by atoms with Gasteiger partial charge in [-0.3, -0.25) is 0 Å². The lowest BCUT2D eigenvalue weighted by Gasteiger charge is -2.20. The molecular weight excluding hydrogens is 250 g/mol. The van der Waals surface area contributed by atoms with Gasteiger partial charge in [0.2, 0.25) is 0 Å². The zero-order chi connectivity index (χ0) is 14.4. The van der Waals surface area contributed by atoms with Crippen molar-refractivity contribution >= 4 is 11.6 Å². The Morgan fingerprint density at radius 1 is 1.32 bits per heavy atom. The van der Waals surface area contributed by atoms with Crippen LogP contribution in [0.3, 0.4) is 0 Å². The second-order valence-corrected chi connectivity index (χ2v) is 4.82. The summed E-state index contributed by atoms with van der Waals surface area (Å²) in [5.41, 5.74) is 0. The Bertz CT molecular complexity index is 396. The summed E-state index contributed by atoms with van der Waals surface area (Å²) < 4.78 is 24.9. The number of aromatic nitrogens is 2. The molecule has 0 aromatic carbocycles. The Labute approximate surface area is 113 Å². The number of alkyl halides is 2. The fraction of sp³-hybridized carbons (Fsp3) is 0.692. The smallest absolute Gasteiger partial charge is 0.255 e. The third-order valence-corrected chi connectivity index (χ3v) is 2.61. The molecule has 0 aliphatic carbocycles. The molecule has 0 fully saturated rings. The van der Waals surface area contributed by atoms with Gasteiger partial charge in [0.25, 0.3) is 6.43 Å². The highest BCUT2D eigenvalue weighted by molar-refractivity contribution is 5.49. The Morgan fingerprint density at radius 2 is 2.00 bits per heavy atom. The lowest BCUT2D eigenvalue weighted by Crippen LogP contribution is -2.25. The van der Waals surface area contributed by atoms with Crippen LogP contribution in [0.15, 0.2) is 6.07 Å². The molecule has 1 aromatic heterocycles. The highest BCUT2D eigenvalue weighted by Gasteiger charge is 2.14. The SMILES string of the molecule is CCCNc1cc(N(C)CC(F)F)nc(C(C)C)n1. The second kappa shape index (κ2) is 7.21. The Hall–Kier alpha value is -1.46. The topological polar surface area (TPSA) is 41.0 Å². The van der Waals surface area contributed by atoms with E-state index in [9.17, 15) is 8.78 Å². The largest absolute Gasteiger partial charge is 0.370 e. The van der Waals surface area contributed by atoms with Crippen molar-refractivity contribution in [1.82, 2.24) is 9.97 Å². The van der Waals surface area contributed by atoms with E-state index >= 15 is 0 Å². The van der Waals surface area contributed by atoms with E-state index < -0.39 is 6.43 Å². The average Bonchev–Trinajstić information content (AvgIpc) is 2.35. The minimum atomic E-state index is -2.38. The van der Waals surface area contributed by atoms with Gasteiger partial charge in [-0.1, -0.05) is 20.8 Å². The van der Waals surface area contributed by atoms with Crippen molar-refractivity contribution in [3.05, 3.63) is 11.9 Å². The molecule has 0 saturated carbocycles. The van der Waals surface area contributed by atoms with Gasteiger partial charge in [-0.15, -0.1) is 0 Å². The third-order valence-electron chi connectivity index (χ3n) is 2.61. The number of anilines is 2. The van der Waals surface area contributed by atoms with E-state index in [2.05, 4.69) is 22.2 Å². The normalized spacial score (nSPS) is 11.2. The molecule has 19 heavy (non-hydrogen) atoms. The molecule has 0 radical (unpaired) electrons. The Kier molecular flexibility index (Phi) is 5.92. The molecular formula is C13H22F2N4. The minimum absolute atomic E-state index is 0.155. The molecule has 1 rings (SSSR count). The molecule has 108 valence electrons. The number of halogens is 2. The molecule has 0 saturated heterocycles. The summed E-state index contributed by atoms with van der Waals surface area (Å²) in [4.78, 5) is 10.2. The number of nitrogens with one attached hydrogen (secondary N) is 1. The molecule has 0 unspecified atom stereocenters.